The summed E-state index contributed by atoms with van der Waals surface area (Å²) in [5, 5.41) is 2.18. The third kappa shape index (κ3) is 5.98. The Bertz CT molecular complexity index is 1240. The number of benzene rings is 1. The predicted octanol–water partition coefficient (Wildman–Crippen LogP) is 4.97. The summed E-state index contributed by atoms with van der Waals surface area (Å²) in [6.45, 7) is 6.84. The maximum Gasteiger partial charge on any atom is 0.166 e. The third-order valence-corrected chi connectivity index (χ3v) is 9.26. The van der Waals surface area contributed by atoms with E-state index in [2.05, 4.69) is 59.4 Å². The smallest absolute Gasteiger partial charge is 0.166 e. The first-order chi connectivity index (χ1) is 18.6. The van der Waals surface area contributed by atoms with Crippen molar-refractivity contribution in [2.75, 3.05) is 26.2 Å². The molecule has 0 atom stereocenters. The molecule has 38 heavy (non-hydrogen) atoms. The first-order valence-corrected chi connectivity index (χ1v) is 14.6. The van der Waals surface area contributed by atoms with Crippen LogP contribution in [-0.4, -0.2) is 61.7 Å². The fourth-order valence-electron chi connectivity index (χ4n) is 6.19. The molecule has 0 bridgehead atoms. The summed E-state index contributed by atoms with van der Waals surface area (Å²) in [6, 6.07) is 12.7. The summed E-state index contributed by atoms with van der Waals surface area (Å²) in [7, 11) is 0. The predicted molar refractivity (Wildman–Crippen MR) is 150 cm³/mol. The summed E-state index contributed by atoms with van der Waals surface area (Å²) in [6.07, 6.45) is 12.1. The molecule has 2 saturated heterocycles. The molecular formula is C30H36N6OS. The van der Waals surface area contributed by atoms with Crippen molar-refractivity contribution in [3.63, 3.8) is 0 Å². The molecule has 0 unspecified atom stereocenters. The fraction of sp³-hybridized carbons (Fsp3) is 0.433. The van der Waals surface area contributed by atoms with Gasteiger partial charge >= 0.3 is 0 Å². The highest BCUT2D eigenvalue weighted by atomic mass is 32.1. The first kappa shape index (κ1) is 25.2. The molecule has 1 spiro atoms. The Hall–Kier alpha value is -3.07. The highest BCUT2D eigenvalue weighted by Gasteiger charge is 2.40. The van der Waals surface area contributed by atoms with Crippen LogP contribution in [0.4, 0.5) is 0 Å². The SMILES string of the molecule is O=C(c1ccc(CN2CCC3(CC2)CCN(Cc2cccs2)C3)cc1)C(Cc1ncc[nH]1)Cc1ncc[nH]1. The topological polar surface area (TPSA) is 80.9 Å². The maximum atomic E-state index is 13.5. The van der Waals surface area contributed by atoms with Crippen LogP contribution in [0.5, 0.6) is 0 Å². The highest BCUT2D eigenvalue weighted by Crippen LogP contribution is 2.41. The molecule has 3 aromatic heterocycles. The molecule has 2 N–H and O–H groups in total. The number of piperidine rings is 1. The van der Waals surface area contributed by atoms with Crippen LogP contribution >= 0.6 is 11.3 Å². The van der Waals surface area contributed by atoms with Gasteiger partial charge in [0.1, 0.15) is 11.6 Å². The first-order valence-electron chi connectivity index (χ1n) is 13.7. The lowest BCUT2D eigenvalue weighted by molar-refractivity contribution is 0.0915. The van der Waals surface area contributed by atoms with Gasteiger partial charge in [-0.05, 0) is 61.3 Å². The van der Waals surface area contributed by atoms with Crippen molar-refractivity contribution in [3.8, 4) is 0 Å². The van der Waals surface area contributed by atoms with Crippen LogP contribution in [-0.2, 0) is 25.9 Å². The average molecular weight is 529 g/mol. The maximum absolute atomic E-state index is 13.5. The van der Waals surface area contributed by atoms with Gasteiger partial charge in [-0.1, -0.05) is 30.3 Å². The summed E-state index contributed by atoms with van der Waals surface area (Å²) in [5.41, 5.74) is 2.53. The quantitative estimate of drug-likeness (QED) is 0.284. The van der Waals surface area contributed by atoms with E-state index in [1.165, 1.54) is 42.8 Å². The van der Waals surface area contributed by atoms with E-state index < -0.39 is 0 Å². The lowest BCUT2D eigenvalue weighted by Gasteiger charge is -2.39. The number of aromatic amines is 2. The molecule has 4 aromatic rings. The molecular weight excluding hydrogens is 492 g/mol. The van der Waals surface area contributed by atoms with Crippen molar-refractivity contribution in [2.24, 2.45) is 11.3 Å². The highest BCUT2D eigenvalue weighted by molar-refractivity contribution is 7.09. The van der Waals surface area contributed by atoms with Crippen LogP contribution in [0.3, 0.4) is 0 Å². The van der Waals surface area contributed by atoms with Gasteiger partial charge in [0.2, 0.25) is 0 Å². The van der Waals surface area contributed by atoms with Gasteiger partial charge in [-0.3, -0.25) is 14.6 Å². The van der Waals surface area contributed by atoms with Crippen molar-refractivity contribution in [3.05, 3.63) is 94.2 Å². The summed E-state index contributed by atoms with van der Waals surface area (Å²) in [4.78, 5) is 35.1. The number of likely N-dealkylation sites (tertiary alicyclic amines) is 2. The molecule has 7 nitrogen and oxygen atoms in total. The average Bonchev–Trinajstić information content (AvgIpc) is 3.76. The Morgan fingerprint density at radius 1 is 0.895 bits per heavy atom. The molecule has 0 radical (unpaired) electrons. The van der Waals surface area contributed by atoms with Gasteiger partial charge < -0.3 is 9.97 Å². The number of Topliss-reactive ketones (excluding diaryl/α,β-unsaturated/α-hetero) is 1. The molecule has 5 heterocycles. The number of imidazole rings is 2. The van der Waals surface area contributed by atoms with Gasteiger partial charge in [-0.25, -0.2) is 9.97 Å². The van der Waals surface area contributed by atoms with E-state index >= 15 is 0 Å². The largest absolute Gasteiger partial charge is 0.349 e. The molecule has 0 aliphatic carbocycles. The number of aromatic nitrogens is 4. The van der Waals surface area contributed by atoms with E-state index in [1.807, 2.05) is 23.5 Å². The Morgan fingerprint density at radius 2 is 1.55 bits per heavy atom. The van der Waals surface area contributed by atoms with Gasteiger partial charge in [0.15, 0.2) is 5.78 Å². The van der Waals surface area contributed by atoms with Gasteiger partial charge in [-0.2, -0.15) is 0 Å². The zero-order chi connectivity index (χ0) is 25.8. The van der Waals surface area contributed by atoms with Gasteiger partial charge in [0.25, 0.3) is 0 Å². The minimum absolute atomic E-state index is 0.137. The van der Waals surface area contributed by atoms with Crippen molar-refractivity contribution in [1.82, 2.24) is 29.7 Å². The van der Waals surface area contributed by atoms with Gasteiger partial charge in [0.05, 0.1) is 0 Å². The number of thiophene rings is 1. The Kier molecular flexibility index (Phi) is 7.53. The number of carbonyl (C=O) groups is 1. The normalized spacial score (nSPS) is 18.0. The monoisotopic (exact) mass is 528 g/mol. The third-order valence-electron chi connectivity index (χ3n) is 8.40. The second-order valence-corrected chi connectivity index (χ2v) is 12.1. The molecule has 2 fully saturated rings. The number of hydrogen-bond acceptors (Lipinski definition) is 6. The minimum atomic E-state index is -0.220. The molecule has 2 aliphatic heterocycles. The molecule has 8 heteroatoms. The Morgan fingerprint density at radius 3 is 2.13 bits per heavy atom. The van der Waals surface area contributed by atoms with Crippen molar-refractivity contribution in [1.29, 1.82) is 0 Å². The number of rotatable bonds is 10. The van der Waals surface area contributed by atoms with E-state index in [4.69, 9.17) is 0 Å². The number of H-pyrrole nitrogens is 2. The van der Waals surface area contributed by atoms with Crippen molar-refractivity contribution in [2.45, 2.75) is 45.2 Å². The van der Waals surface area contributed by atoms with Gasteiger partial charge in [-0.15, -0.1) is 11.3 Å². The molecule has 0 saturated carbocycles. The minimum Gasteiger partial charge on any atom is -0.349 e. The van der Waals surface area contributed by atoms with E-state index in [0.29, 0.717) is 18.3 Å². The van der Waals surface area contributed by atoms with E-state index in [-0.39, 0.29) is 11.7 Å². The van der Waals surface area contributed by atoms with E-state index in [0.717, 1.165) is 43.4 Å². The van der Waals surface area contributed by atoms with Crippen LogP contribution in [0.15, 0.2) is 66.6 Å². The lowest BCUT2D eigenvalue weighted by atomic mass is 9.77. The van der Waals surface area contributed by atoms with Crippen LogP contribution in [0, 0.1) is 11.3 Å². The lowest BCUT2D eigenvalue weighted by Crippen LogP contribution is -2.41. The zero-order valence-corrected chi connectivity index (χ0v) is 22.6. The Balaban J connectivity index is 1.03. The summed E-state index contributed by atoms with van der Waals surface area (Å²) < 4.78 is 0. The molecule has 1 aromatic carbocycles. The van der Waals surface area contributed by atoms with Gasteiger partial charge in [0, 0.05) is 73.6 Å². The number of ketones is 1. The van der Waals surface area contributed by atoms with Crippen LogP contribution < -0.4 is 0 Å². The van der Waals surface area contributed by atoms with Crippen molar-refractivity contribution >= 4 is 17.1 Å². The van der Waals surface area contributed by atoms with E-state index in [1.54, 1.807) is 24.8 Å². The zero-order valence-electron chi connectivity index (χ0n) is 21.8. The van der Waals surface area contributed by atoms with Crippen LogP contribution in [0.25, 0.3) is 0 Å². The molecule has 0 amide bonds. The van der Waals surface area contributed by atoms with E-state index in [9.17, 15) is 4.79 Å². The van der Waals surface area contributed by atoms with Crippen LogP contribution in [0.2, 0.25) is 0 Å². The van der Waals surface area contributed by atoms with Crippen LogP contribution in [0.1, 0.15) is 51.7 Å². The Labute approximate surface area is 228 Å². The van der Waals surface area contributed by atoms with Crippen molar-refractivity contribution < 1.29 is 4.79 Å². The summed E-state index contributed by atoms with van der Waals surface area (Å²) >= 11 is 1.87. The fourth-order valence-corrected chi connectivity index (χ4v) is 6.94. The molecule has 2 aliphatic rings. The second kappa shape index (κ2) is 11.4. The second-order valence-electron chi connectivity index (χ2n) is 11.1. The molecule has 6 rings (SSSR count). The number of hydrogen-bond donors (Lipinski definition) is 2. The number of carbonyl (C=O) groups excluding carboxylic acids is 1. The summed E-state index contributed by atoms with van der Waals surface area (Å²) in [5.74, 6) is 1.57. The standard InChI is InChI=1S/C30H36N6OS/c37-29(25(18-27-31-10-11-32-27)19-28-33-12-13-34-28)24-5-3-23(4-6-24)20-35-14-7-30(8-15-35)9-16-36(22-30)21-26-2-1-17-38-26/h1-6,10-13,17,25H,7-9,14-16,18-22H2,(H,31,32)(H,33,34). The molecule has 198 valence electrons. The number of nitrogens with zero attached hydrogens (tertiary/aromatic N) is 4. The number of nitrogens with one attached hydrogen (secondary N) is 2.